The summed E-state index contributed by atoms with van der Waals surface area (Å²) in [6, 6.07) is 4.05. The van der Waals surface area contributed by atoms with Gasteiger partial charge >= 0.3 is 6.09 Å². The molecule has 0 bridgehead atoms. The van der Waals surface area contributed by atoms with E-state index in [0.29, 0.717) is 6.42 Å². The normalized spacial score (nSPS) is 13.1. The fourth-order valence-electron chi connectivity index (χ4n) is 2.57. The lowest BCUT2D eigenvalue weighted by Crippen LogP contribution is -2.38. The summed E-state index contributed by atoms with van der Waals surface area (Å²) in [5, 5.41) is 11.5. The molecule has 6 heteroatoms. The number of carbonyl (C=O) groups is 1. The van der Waals surface area contributed by atoms with Gasteiger partial charge in [-0.1, -0.05) is 22.9 Å². The number of hydrogen-bond acceptors (Lipinski definition) is 3. The first-order valence-electron chi connectivity index (χ1n) is 7.84. The van der Waals surface area contributed by atoms with Crippen molar-refractivity contribution in [2.45, 2.75) is 59.1 Å². The highest BCUT2D eigenvalue weighted by Crippen LogP contribution is 2.27. The fourth-order valence-corrected chi connectivity index (χ4v) is 3.07. The highest BCUT2D eigenvalue weighted by molar-refractivity contribution is 9.10. The number of carbonyl (C=O) groups excluding carboxylic acids is 1. The van der Waals surface area contributed by atoms with Gasteiger partial charge in [-0.15, -0.1) is 0 Å². The first-order chi connectivity index (χ1) is 10.7. The SMILES string of the molecule is CCc1[nH]nc2cc(Br)cc(C[C@H](C)NC(=O)OC(C)(C)C)c12. The molecular weight excluding hydrogens is 358 g/mol. The van der Waals surface area contributed by atoms with Crippen molar-refractivity contribution in [1.29, 1.82) is 0 Å². The topological polar surface area (TPSA) is 67.0 Å². The van der Waals surface area contributed by atoms with Crippen LogP contribution in [0.15, 0.2) is 16.6 Å². The molecule has 1 aromatic carbocycles. The van der Waals surface area contributed by atoms with Gasteiger partial charge in [-0.25, -0.2) is 4.79 Å². The van der Waals surface area contributed by atoms with Crippen LogP contribution in [0.1, 0.15) is 45.9 Å². The molecule has 2 N–H and O–H groups in total. The lowest BCUT2D eigenvalue weighted by molar-refractivity contribution is 0.0508. The van der Waals surface area contributed by atoms with Crippen LogP contribution in [0, 0.1) is 0 Å². The van der Waals surface area contributed by atoms with E-state index in [9.17, 15) is 4.79 Å². The van der Waals surface area contributed by atoms with E-state index in [4.69, 9.17) is 4.74 Å². The second-order valence-electron chi connectivity index (χ2n) is 6.77. The Morgan fingerprint density at radius 2 is 2.13 bits per heavy atom. The van der Waals surface area contributed by atoms with Crippen LogP contribution in [0.4, 0.5) is 4.79 Å². The van der Waals surface area contributed by atoms with Crippen molar-refractivity contribution >= 4 is 32.9 Å². The highest BCUT2D eigenvalue weighted by atomic mass is 79.9. The third-order valence-electron chi connectivity index (χ3n) is 3.42. The van der Waals surface area contributed by atoms with E-state index in [0.717, 1.165) is 33.1 Å². The molecule has 0 saturated carbocycles. The number of aromatic nitrogens is 2. The summed E-state index contributed by atoms with van der Waals surface area (Å²) in [6.45, 7) is 9.64. The largest absolute Gasteiger partial charge is 0.444 e. The van der Waals surface area contributed by atoms with Crippen molar-refractivity contribution in [3.05, 3.63) is 27.9 Å². The Labute approximate surface area is 145 Å². The second kappa shape index (κ2) is 6.91. The number of ether oxygens (including phenoxy) is 1. The Bertz CT molecular complexity index is 704. The fraction of sp³-hybridized carbons (Fsp3) is 0.529. The first-order valence-corrected chi connectivity index (χ1v) is 8.63. The van der Waals surface area contributed by atoms with E-state index in [1.54, 1.807) is 0 Å². The smallest absolute Gasteiger partial charge is 0.407 e. The molecule has 1 amide bonds. The third-order valence-corrected chi connectivity index (χ3v) is 3.88. The number of alkyl carbamates (subject to hydrolysis) is 1. The van der Waals surface area contributed by atoms with Gasteiger partial charge in [0.1, 0.15) is 5.60 Å². The highest BCUT2D eigenvalue weighted by Gasteiger charge is 2.19. The Hall–Kier alpha value is -1.56. The van der Waals surface area contributed by atoms with Gasteiger partial charge in [0.2, 0.25) is 0 Å². The van der Waals surface area contributed by atoms with Gasteiger partial charge in [-0.3, -0.25) is 5.10 Å². The number of nitrogens with one attached hydrogen (secondary N) is 2. The molecule has 126 valence electrons. The minimum absolute atomic E-state index is 0.0399. The maximum Gasteiger partial charge on any atom is 0.407 e. The van der Waals surface area contributed by atoms with Gasteiger partial charge in [-0.2, -0.15) is 5.10 Å². The van der Waals surface area contributed by atoms with Crippen molar-refractivity contribution < 1.29 is 9.53 Å². The zero-order valence-electron chi connectivity index (χ0n) is 14.3. The molecule has 0 radical (unpaired) electrons. The molecule has 2 aromatic rings. The molecule has 0 aliphatic rings. The Morgan fingerprint density at radius 3 is 2.74 bits per heavy atom. The van der Waals surface area contributed by atoms with Crippen molar-refractivity contribution in [2.24, 2.45) is 0 Å². The van der Waals surface area contributed by atoms with Gasteiger partial charge in [0.25, 0.3) is 0 Å². The van der Waals surface area contributed by atoms with E-state index in [1.807, 2.05) is 33.8 Å². The van der Waals surface area contributed by atoms with E-state index >= 15 is 0 Å². The standard InChI is InChI=1S/C17H24BrN3O2/c1-6-13-15-11(8-12(18)9-14(15)21-20-13)7-10(2)19-16(22)23-17(3,4)5/h8-10H,6-7H2,1-5H3,(H,19,22)(H,20,21)/t10-/m0/s1. The lowest BCUT2D eigenvalue weighted by Gasteiger charge is -2.22. The van der Waals surface area contributed by atoms with Crippen LogP contribution < -0.4 is 5.32 Å². The average Bonchev–Trinajstić information content (AvgIpc) is 2.78. The van der Waals surface area contributed by atoms with Gasteiger partial charge < -0.3 is 10.1 Å². The van der Waals surface area contributed by atoms with Crippen molar-refractivity contribution in [3.8, 4) is 0 Å². The van der Waals surface area contributed by atoms with Crippen LogP contribution in [0.2, 0.25) is 0 Å². The van der Waals surface area contributed by atoms with E-state index in [-0.39, 0.29) is 12.1 Å². The van der Waals surface area contributed by atoms with Gasteiger partial charge in [0, 0.05) is 21.6 Å². The van der Waals surface area contributed by atoms with Gasteiger partial charge in [-0.05, 0) is 58.2 Å². The van der Waals surface area contributed by atoms with Gasteiger partial charge in [0.15, 0.2) is 0 Å². The summed E-state index contributed by atoms with van der Waals surface area (Å²) >= 11 is 3.53. The van der Waals surface area contributed by atoms with E-state index in [1.165, 1.54) is 0 Å². The molecule has 0 saturated heterocycles. The molecule has 0 aliphatic carbocycles. The molecular formula is C17H24BrN3O2. The molecule has 0 fully saturated rings. The van der Waals surface area contributed by atoms with Crippen molar-refractivity contribution in [1.82, 2.24) is 15.5 Å². The van der Waals surface area contributed by atoms with Crippen LogP contribution in [0.25, 0.3) is 10.9 Å². The summed E-state index contributed by atoms with van der Waals surface area (Å²) < 4.78 is 6.29. The number of fused-ring (bicyclic) bond motifs is 1. The third kappa shape index (κ3) is 4.70. The summed E-state index contributed by atoms with van der Waals surface area (Å²) in [4.78, 5) is 11.9. The number of hydrogen-bond donors (Lipinski definition) is 2. The second-order valence-corrected chi connectivity index (χ2v) is 7.68. The van der Waals surface area contributed by atoms with Crippen LogP contribution in [0.3, 0.4) is 0 Å². The van der Waals surface area contributed by atoms with Crippen LogP contribution in [-0.2, 0) is 17.6 Å². The monoisotopic (exact) mass is 381 g/mol. The number of aryl methyl sites for hydroxylation is 1. The zero-order valence-corrected chi connectivity index (χ0v) is 15.9. The lowest BCUT2D eigenvalue weighted by atomic mass is 10.0. The summed E-state index contributed by atoms with van der Waals surface area (Å²) in [5.41, 5.74) is 2.72. The van der Waals surface area contributed by atoms with Crippen LogP contribution in [-0.4, -0.2) is 27.9 Å². The number of amides is 1. The Kier molecular flexibility index (Phi) is 5.34. The quantitative estimate of drug-likeness (QED) is 0.827. The molecule has 5 nitrogen and oxygen atoms in total. The summed E-state index contributed by atoms with van der Waals surface area (Å²) in [5.74, 6) is 0. The molecule has 1 heterocycles. The number of aromatic amines is 1. The predicted octanol–water partition coefficient (Wildman–Crippen LogP) is 4.34. The number of rotatable bonds is 4. The number of benzene rings is 1. The van der Waals surface area contributed by atoms with E-state index in [2.05, 4.69) is 44.4 Å². The van der Waals surface area contributed by atoms with Crippen molar-refractivity contribution in [3.63, 3.8) is 0 Å². The maximum absolute atomic E-state index is 11.9. The molecule has 1 atom stereocenters. The number of H-pyrrole nitrogens is 1. The molecule has 0 aliphatic heterocycles. The first kappa shape index (κ1) is 17.8. The number of nitrogens with zero attached hydrogens (tertiary/aromatic N) is 1. The van der Waals surface area contributed by atoms with E-state index < -0.39 is 5.60 Å². The molecule has 23 heavy (non-hydrogen) atoms. The summed E-state index contributed by atoms with van der Waals surface area (Å²) in [6.07, 6.45) is 1.21. The van der Waals surface area contributed by atoms with Gasteiger partial charge in [0.05, 0.1) is 5.52 Å². The predicted molar refractivity (Wildman–Crippen MR) is 95.7 cm³/mol. The Balaban J connectivity index is 2.17. The number of halogens is 1. The zero-order chi connectivity index (χ0) is 17.2. The van der Waals surface area contributed by atoms with Crippen LogP contribution >= 0.6 is 15.9 Å². The molecule has 0 spiro atoms. The van der Waals surface area contributed by atoms with Crippen molar-refractivity contribution in [2.75, 3.05) is 0 Å². The maximum atomic E-state index is 11.9. The molecule has 0 unspecified atom stereocenters. The Morgan fingerprint density at radius 1 is 1.43 bits per heavy atom. The average molecular weight is 382 g/mol. The van der Waals surface area contributed by atoms with Crippen LogP contribution in [0.5, 0.6) is 0 Å². The minimum Gasteiger partial charge on any atom is -0.444 e. The molecule has 2 rings (SSSR count). The summed E-state index contributed by atoms with van der Waals surface area (Å²) in [7, 11) is 0. The minimum atomic E-state index is -0.493. The molecule has 1 aromatic heterocycles.